The van der Waals surface area contributed by atoms with Gasteiger partial charge in [-0.2, -0.15) is 0 Å². The summed E-state index contributed by atoms with van der Waals surface area (Å²) in [6.07, 6.45) is -0.628. The summed E-state index contributed by atoms with van der Waals surface area (Å²) >= 11 is 0. The van der Waals surface area contributed by atoms with E-state index in [1.54, 1.807) is 0 Å². The Labute approximate surface area is 72.7 Å². The Morgan fingerprint density at radius 1 is 1.31 bits per heavy atom. The van der Waals surface area contributed by atoms with Gasteiger partial charge in [-0.3, -0.25) is 10.1 Å². The van der Waals surface area contributed by atoms with E-state index in [0.717, 1.165) is 0 Å². The van der Waals surface area contributed by atoms with E-state index in [0.29, 0.717) is 0 Å². The van der Waals surface area contributed by atoms with Crippen LogP contribution >= 0.6 is 0 Å². The molecule has 0 aromatic rings. The lowest BCUT2D eigenvalue weighted by atomic mass is 9.76. The van der Waals surface area contributed by atoms with Crippen LogP contribution in [0, 0.1) is 5.92 Å². The minimum atomic E-state index is -2.65. The molecule has 0 aromatic heterocycles. The smallest absolute Gasteiger partial charge is 0.322 e. The van der Waals surface area contributed by atoms with Crippen molar-refractivity contribution in [3.63, 3.8) is 0 Å². The third-order valence-corrected chi connectivity index (χ3v) is 2.40. The maximum absolute atomic E-state index is 12.4. The first-order valence-electron chi connectivity index (χ1n) is 3.97. The van der Waals surface area contributed by atoms with Gasteiger partial charge in [-0.05, 0) is 5.92 Å². The van der Waals surface area contributed by atoms with Gasteiger partial charge in [0.1, 0.15) is 6.04 Å². The molecule has 1 saturated heterocycles. The van der Waals surface area contributed by atoms with Crippen molar-refractivity contribution in [2.45, 2.75) is 24.8 Å². The van der Waals surface area contributed by atoms with Gasteiger partial charge in [0.15, 0.2) is 0 Å². The SMILES string of the molecule is O=C1NC(=O)C(C2CC(F)(F)C2)N1. The molecule has 72 valence electrons. The van der Waals surface area contributed by atoms with Crippen LogP contribution in [0.1, 0.15) is 12.8 Å². The Morgan fingerprint density at radius 2 is 1.92 bits per heavy atom. The average molecular weight is 190 g/mol. The van der Waals surface area contributed by atoms with Crippen LogP contribution in [-0.4, -0.2) is 23.9 Å². The zero-order valence-corrected chi connectivity index (χ0v) is 6.64. The Morgan fingerprint density at radius 3 is 2.31 bits per heavy atom. The van der Waals surface area contributed by atoms with Crippen LogP contribution in [-0.2, 0) is 4.79 Å². The Bertz CT molecular complexity index is 272. The number of nitrogens with one attached hydrogen (secondary N) is 2. The number of amides is 3. The summed E-state index contributed by atoms with van der Waals surface area (Å²) in [7, 11) is 0. The summed E-state index contributed by atoms with van der Waals surface area (Å²) in [6, 6.07) is -1.35. The molecule has 2 N–H and O–H groups in total. The molecule has 1 aliphatic carbocycles. The Kier molecular flexibility index (Phi) is 1.55. The minimum absolute atomic E-state index is 0.314. The molecular formula is C7H8F2N2O2. The third kappa shape index (κ3) is 1.36. The molecule has 1 saturated carbocycles. The lowest BCUT2D eigenvalue weighted by Crippen LogP contribution is -2.48. The van der Waals surface area contributed by atoms with Gasteiger partial charge in [-0.25, -0.2) is 13.6 Å². The van der Waals surface area contributed by atoms with Crippen LogP contribution in [0.5, 0.6) is 0 Å². The molecule has 1 atom stereocenters. The molecule has 0 radical (unpaired) electrons. The van der Waals surface area contributed by atoms with E-state index in [1.807, 2.05) is 5.32 Å². The molecule has 2 rings (SSSR count). The van der Waals surface area contributed by atoms with Crippen LogP contribution in [0.2, 0.25) is 0 Å². The van der Waals surface area contributed by atoms with E-state index in [2.05, 4.69) is 5.32 Å². The standard InChI is InChI=1S/C7H8F2N2O2/c8-7(9)1-3(2-7)4-5(12)11-6(13)10-4/h3-4H,1-2H2,(H2,10,11,12,13). The van der Waals surface area contributed by atoms with Crippen LogP contribution in [0.25, 0.3) is 0 Å². The van der Waals surface area contributed by atoms with E-state index in [-0.39, 0.29) is 12.8 Å². The lowest BCUT2D eigenvalue weighted by Gasteiger charge is -2.37. The van der Waals surface area contributed by atoms with Crippen molar-refractivity contribution in [1.29, 1.82) is 0 Å². The fourth-order valence-corrected chi connectivity index (χ4v) is 1.71. The number of imide groups is 1. The number of urea groups is 1. The summed E-state index contributed by atoms with van der Waals surface area (Å²) in [6.45, 7) is 0. The molecule has 6 heteroatoms. The Balaban J connectivity index is 1.97. The number of rotatable bonds is 1. The predicted molar refractivity (Wildman–Crippen MR) is 38.1 cm³/mol. The van der Waals surface area contributed by atoms with Crippen molar-refractivity contribution >= 4 is 11.9 Å². The number of halogens is 2. The second-order valence-corrected chi connectivity index (χ2v) is 3.46. The fourth-order valence-electron chi connectivity index (χ4n) is 1.71. The van der Waals surface area contributed by atoms with Gasteiger partial charge >= 0.3 is 6.03 Å². The molecule has 0 bridgehead atoms. The molecule has 1 unspecified atom stereocenters. The van der Waals surface area contributed by atoms with Crippen molar-refractivity contribution in [2.75, 3.05) is 0 Å². The summed E-state index contributed by atoms with van der Waals surface area (Å²) in [4.78, 5) is 21.6. The second kappa shape index (κ2) is 2.40. The molecule has 0 spiro atoms. The van der Waals surface area contributed by atoms with Gasteiger partial charge < -0.3 is 5.32 Å². The van der Waals surface area contributed by atoms with Crippen LogP contribution in [0.4, 0.5) is 13.6 Å². The van der Waals surface area contributed by atoms with Crippen molar-refractivity contribution in [1.82, 2.24) is 10.6 Å². The average Bonchev–Trinajstić information content (AvgIpc) is 2.24. The number of carbonyl (C=O) groups is 2. The maximum Gasteiger partial charge on any atom is 0.322 e. The summed E-state index contributed by atoms with van der Waals surface area (Å²) in [5, 5.41) is 4.32. The number of carbonyl (C=O) groups excluding carboxylic acids is 2. The van der Waals surface area contributed by atoms with Gasteiger partial charge in [0.05, 0.1) is 0 Å². The first-order chi connectivity index (χ1) is 5.98. The van der Waals surface area contributed by atoms with Crippen molar-refractivity contribution in [3.8, 4) is 0 Å². The van der Waals surface area contributed by atoms with E-state index >= 15 is 0 Å². The minimum Gasteiger partial charge on any atom is -0.326 e. The molecule has 1 aliphatic heterocycles. The zero-order valence-electron chi connectivity index (χ0n) is 6.64. The van der Waals surface area contributed by atoms with E-state index in [1.165, 1.54) is 0 Å². The zero-order chi connectivity index (χ0) is 9.64. The molecule has 2 aliphatic rings. The first kappa shape index (κ1) is 8.40. The van der Waals surface area contributed by atoms with Crippen LogP contribution in [0.3, 0.4) is 0 Å². The predicted octanol–water partition coefficient (Wildman–Crippen LogP) is 0.240. The highest BCUT2D eigenvalue weighted by Gasteiger charge is 2.52. The lowest BCUT2D eigenvalue weighted by molar-refractivity contribution is -0.135. The van der Waals surface area contributed by atoms with Crippen molar-refractivity contribution in [2.24, 2.45) is 5.92 Å². The van der Waals surface area contributed by atoms with Gasteiger partial charge in [0.2, 0.25) is 5.92 Å². The quantitative estimate of drug-likeness (QED) is 0.582. The fraction of sp³-hybridized carbons (Fsp3) is 0.714. The first-order valence-corrected chi connectivity index (χ1v) is 3.97. The highest BCUT2D eigenvalue weighted by Crippen LogP contribution is 2.44. The third-order valence-electron chi connectivity index (χ3n) is 2.40. The highest BCUT2D eigenvalue weighted by molar-refractivity contribution is 6.04. The van der Waals surface area contributed by atoms with Gasteiger partial charge in [0.25, 0.3) is 5.91 Å². The molecule has 4 nitrogen and oxygen atoms in total. The van der Waals surface area contributed by atoms with Crippen molar-refractivity contribution < 1.29 is 18.4 Å². The molecular weight excluding hydrogens is 182 g/mol. The Hall–Kier alpha value is -1.20. The van der Waals surface area contributed by atoms with Gasteiger partial charge in [0, 0.05) is 12.8 Å². The van der Waals surface area contributed by atoms with E-state index in [4.69, 9.17) is 0 Å². The van der Waals surface area contributed by atoms with Gasteiger partial charge in [-0.1, -0.05) is 0 Å². The van der Waals surface area contributed by atoms with Crippen LogP contribution < -0.4 is 10.6 Å². The topological polar surface area (TPSA) is 58.2 Å². The monoisotopic (exact) mass is 190 g/mol. The summed E-state index contributed by atoms with van der Waals surface area (Å²) in [5.74, 6) is -3.56. The summed E-state index contributed by atoms with van der Waals surface area (Å²) in [5.41, 5.74) is 0. The van der Waals surface area contributed by atoms with Gasteiger partial charge in [-0.15, -0.1) is 0 Å². The van der Waals surface area contributed by atoms with E-state index < -0.39 is 29.8 Å². The largest absolute Gasteiger partial charge is 0.326 e. The molecule has 13 heavy (non-hydrogen) atoms. The van der Waals surface area contributed by atoms with Crippen LogP contribution in [0.15, 0.2) is 0 Å². The molecule has 1 heterocycles. The van der Waals surface area contributed by atoms with Crippen molar-refractivity contribution in [3.05, 3.63) is 0 Å². The van der Waals surface area contributed by atoms with E-state index in [9.17, 15) is 18.4 Å². The number of alkyl halides is 2. The maximum atomic E-state index is 12.4. The molecule has 0 aromatic carbocycles. The molecule has 3 amide bonds. The normalized spacial score (nSPS) is 32.3. The summed E-state index contributed by atoms with van der Waals surface area (Å²) < 4.78 is 24.8. The number of hydrogen-bond donors (Lipinski definition) is 2. The number of hydrogen-bond acceptors (Lipinski definition) is 2. The highest BCUT2D eigenvalue weighted by atomic mass is 19.3. The second-order valence-electron chi connectivity index (χ2n) is 3.46. The molecule has 2 fully saturated rings.